The van der Waals surface area contributed by atoms with E-state index >= 15 is 0 Å². The van der Waals surface area contributed by atoms with Crippen LogP contribution in [0.2, 0.25) is 0 Å². The number of rotatable bonds is 5. The highest BCUT2D eigenvalue weighted by molar-refractivity contribution is 5.76. The van der Waals surface area contributed by atoms with Crippen LogP contribution in [0.5, 0.6) is 5.75 Å². The van der Waals surface area contributed by atoms with Crippen LogP contribution < -0.4 is 10.5 Å². The van der Waals surface area contributed by atoms with Gasteiger partial charge in [-0.15, -0.1) is 0 Å². The van der Waals surface area contributed by atoms with E-state index in [1.54, 1.807) is 12.1 Å². The summed E-state index contributed by atoms with van der Waals surface area (Å²) in [6.07, 6.45) is 2.44. The van der Waals surface area contributed by atoms with Crippen molar-refractivity contribution in [1.29, 1.82) is 0 Å². The molecular formula is C16H23FN2O2. The summed E-state index contributed by atoms with van der Waals surface area (Å²) in [5.41, 5.74) is 5.92. The van der Waals surface area contributed by atoms with Gasteiger partial charge in [0.25, 0.3) is 0 Å². The van der Waals surface area contributed by atoms with Crippen molar-refractivity contribution in [3.63, 3.8) is 0 Å². The molecule has 1 aromatic carbocycles. The minimum atomic E-state index is -0.298. The molecule has 0 saturated carbocycles. The quantitative estimate of drug-likeness (QED) is 0.905. The van der Waals surface area contributed by atoms with Gasteiger partial charge in [-0.3, -0.25) is 4.79 Å². The molecule has 21 heavy (non-hydrogen) atoms. The number of benzene rings is 1. The van der Waals surface area contributed by atoms with Crippen LogP contribution in [-0.4, -0.2) is 36.5 Å². The van der Waals surface area contributed by atoms with Crippen molar-refractivity contribution in [3.05, 3.63) is 30.1 Å². The Balaban J connectivity index is 1.75. The maximum atomic E-state index is 12.8. The topological polar surface area (TPSA) is 55.6 Å². The molecule has 1 aliphatic rings. The third-order valence-electron chi connectivity index (χ3n) is 3.95. The van der Waals surface area contributed by atoms with Crippen LogP contribution in [0, 0.1) is 11.7 Å². The van der Waals surface area contributed by atoms with Gasteiger partial charge < -0.3 is 15.4 Å². The minimum Gasteiger partial charge on any atom is -0.493 e. The van der Waals surface area contributed by atoms with Crippen LogP contribution in [0.25, 0.3) is 0 Å². The molecule has 116 valence electrons. The number of likely N-dealkylation sites (tertiary alicyclic amines) is 1. The smallest absolute Gasteiger partial charge is 0.226 e. The van der Waals surface area contributed by atoms with Gasteiger partial charge in [0.1, 0.15) is 11.6 Å². The summed E-state index contributed by atoms with van der Waals surface area (Å²) in [5, 5.41) is 0. The van der Waals surface area contributed by atoms with Crippen LogP contribution in [0.3, 0.4) is 0 Å². The first-order valence-corrected chi connectivity index (χ1v) is 7.48. The van der Waals surface area contributed by atoms with Crippen LogP contribution in [0.4, 0.5) is 4.39 Å². The maximum Gasteiger partial charge on any atom is 0.226 e. The number of ether oxygens (including phenoxy) is 1. The van der Waals surface area contributed by atoms with Crippen LogP contribution in [0.15, 0.2) is 24.3 Å². The lowest BCUT2D eigenvalue weighted by molar-refractivity contribution is -0.133. The number of piperidine rings is 1. The largest absolute Gasteiger partial charge is 0.493 e. The molecule has 1 saturated heterocycles. The Kier molecular flexibility index (Phi) is 5.56. The normalized spacial score (nSPS) is 20.1. The van der Waals surface area contributed by atoms with E-state index in [1.807, 2.05) is 11.8 Å². The molecule has 1 aliphatic heterocycles. The summed E-state index contributed by atoms with van der Waals surface area (Å²) in [7, 11) is 0. The maximum absolute atomic E-state index is 12.8. The lowest BCUT2D eigenvalue weighted by Gasteiger charge is -2.34. The average molecular weight is 294 g/mol. The monoisotopic (exact) mass is 294 g/mol. The summed E-state index contributed by atoms with van der Waals surface area (Å²) < 4.78 is 18.2. The van der Waals surface area contributed by atoms with Gasteiger partial charge >= 0.3 is 0 Å². The Hall–Kier alpha value is -1.62. The average Bonchev–Trinajstić information content (AvgIpc) is 2.49. The van der Waals surface area contributed by atoms with Crippen LogP contribution >= 0.6 is 0 Å². The van der Waals surface area contributed by atoms with Crippen molar-refractivity contribution in [2.45, 2.75) is 32.2 Å². The summed E-state index contributed by atoms with van der Waals surface area (Å²) in [4.78, 5) is 14.0. The second kappa shape index (κ2) is 7.41. The molecule has 0 spiro atoms. The van der Waals surface area contributed by atoms with Crippen molar-refractivity contribution in [2.75, 3.05) is 19.7 Å². The number of carbonyl (C=O) groups is 1. The molecular weight excluding hydrogens is 271 g/mol. The lowest BCUT2D eigenvalue weighted by Crippen LogP contribution is -2.45. The first-order valence-electron chi connectivity index (χ1n) is 7.48. The SMILES string of the molecule is C[C@@H](N)[C@@H]1CCCN(C(=O)CCOc2ccc(F)cc2)C1. The molecule has 2 rings (SSSR count). The Morgan fingerprint density at radius 3 is 2.86 bits per heavy atom. The fourth-order valence-electron chi connectivity index (χ4n) is 2.61. The van der Waals surface area contributed by atoms with E-state index in [9.17, 15) is 9.18 Å². The summed E-state index contributed by atoms with van der Waals surface area (Å²) in [6.45, 7) is 3.85. The lowest BCUT2D eigenvalue weighted by atomic mass is 9.92. The van der Waals surface area contributed by atoms with Gasteiger partial charge in [-0.05, 0) is 49.9 Å². The summed E-state index contributed by atoms with van der Waals surface area (Å²) >= 11 is 0. The van der Waals surface area contributed by atoms with Crippen molar-refractivity contribution in [2.24, 2.45) is 11.7 Å². The van der Waals surface area contributed by atoms with Crippen molar-refractivity contribution >= 4 is 5.91 Å². The van der Waals surface area contributed by atoms with Crippen molar-refractivity contribution in [3.8, 4) is 5.75 Å². The zero-order valence-corrected chi connectivity index (χ0v) is 12.4. The molecule has 1 fully saturated rings. The standard InChI is InChI=1S/C16H23FN2O2/c1-12(18)13-3-2-9-19(11-13)16(20)8-10-21-15-6-4-14(17)5-7-15/h4-7,12-13H,2-3,8-11,18H2,1H3/t12-,13-/m1/s1. The molecule has 2 atom stereocenters. The molecule has 0 radical (unpaired) electrons. The number of nitrogens with zero attached hydrogens (tertiary/aromatic N) is 1. The molecule has 1 aromatic rings. The van der Waals surface area contributed by atoms with E-state index in [2.05, 4.69) is 0 Å². The van der Waals surface area contributed by atoms with Gasteiger partial charge in [-0.1, -0.05) is 0 Å². The van der Waals surface area contributed by atoms with Crippen molar-refractivity contribution < 1.29 is 13.9 Å². The van der Waals surface area contributed by atoms with E-state index in [4.69, 9.17) is 10.5 Å². The third kappa shape index (κ3) is 4.70. The first-order chi connectivity index (χ1) is 10.1. The number of halogens is 1. The molecule has 0 bridgehead atoms. The first kappa shape index (κ1) is 15.8. The molecule has 2 N–H and O–H groups in total. The molecule has 0 unspecified atom stereocenters. The van der Waals surface area contributed by atoms with E-state index in [0.29, 0.717) is 24.7 Å². The zero-order valence-electron chi connectivity index (χ0n) is 12.4. The number of hydrogen-bond donors (Lipinski definition) is 1. The molecule has 0 aliphatic carbocycles. The van der Waals surface area contributed by atoms with E-state index in [1.165, 1.54) is 12.1 Å². The Bertz CT molecular complexity index is 462. The van der Waals surface area contributed by atoms with Gasteiger partial charge in [0.15, 0.2) is 0 Å². The van der Waals surface area contributed by atoms with Gasteiger partial charge in [0.2, 0.25) is 5.91 Å². The zero-order chi connectivity index (χ0) is 15.2. The Morgan fingerprint density at radius 2 is 2.19 bits per heavy atom. The summed E-state index contributed by atoms with van der Waals surface area (Å²) in [6, 6.07) is 5.93. The minimum absolute atomic E-state index is 0.0995. The second-order valence-corrected chi connectivity index (χ2v) is 5.65. The van der Waals surface area contributed by atoms with E-state index < -0.39 is 0 Å². The molecule has 4 nitrogen and oxygen atoms in total. The predicted molar refractivity (Wildman–Crippen MR) is 79.5 cm³/mol. The number of hydrogen-bond acceptors (Lipinski definition) is 3. The number of carbonyl (C=O) groups excluding carboxylic acids is 1. The Labute approximate surface area is 125 Å². The predicted octanol–water partition coefficient (Wildman–Crippen LogP) is 2.18. The van der Waals surface area contributed by atoms with Gasteiger partial charge in [-0.25, -0.2) is 4.39 Å². The molecule has 1 amide bonds. The summed E-state index contributed by atoms with van der Waals surface area (Å²) in [5.74, 6) is 0.771. The van der Waals surface area contributed by atoms with Crippen molar-refractivity contribution in [1.82, 2.24) is 4.90 Å². The number of nitrogens with two attached hydrogens (primary N) is 1. The fraction of sp³-hybridized carbons (Fsp3) is 0.562. The molecule has 5 heteroatoms. The third-order valence-corrected chi connectivity index (χ3v) is 3.95. The van der Waals surface area contributed by atoms with Gasteiger partial charge in [-0.2, -0.15) is 0 Å². The highest BCUT2D eigenvalue weighted by Crippen LogP contribution is 2.19. The van der Waals surface area contributed by atoms with Gasteiger partial charge in [0, 0.05) is 19.1 Å². The van der Waals surface area contributed by atoms with E-state index in [-0.39, 0.29) is 17.8 Å². The Morgan fingerprint density at radius 1 is 1.48 bits per heavy atom. The highest BCUT2D eigenvalue weighted by Gasteiger charge is 2.25. The van der Waals surface area contributed by atoms with Crippen LogP contribution in [-0.2, 0) is 4.79 Å². The van der Waals surface area contributed by atoms with Gasteiger partial charge in [0.05, 0.1) is 13.0 Å². The number of amides is 1. The van der Waals surface area contributed by atoms with E-state index in [0.717, 1.165) is 25.9 Å². The molecule has 1 heterocycles. The van der Waals surface area contributed by atoms with Crippen LogP contribution in [0.1, 0.15) is 26.2 Å². The highest BCUT2D eigenvalue weighted by atomic mass is 19.1. The molecule has 0 aromatic heterocycles. The fourth-order valence-corrected chi connectivity index (χ4v) is 2.61. The second-order valence-electron chi connectivity index (χ2n) is 5.65.